The molecule has 1 aromatic heterocycles. The molecule has 1 fully saturated rings. The average molecular weight is 515 g/mol. The molecule has 9 heteroatoms. The van der Waals surface area contributed by atoms with Gasteiger partial charge in [-0.2, -0.15) is 0 Å². The molecule has 2 atom stereocenters. The molecule has 2 aromatic carbocycles. The van der Waals surface area contributed by atoms with Crippen molar-refractivity contribution in [3.8, 4) is 17.2 Å². The van der Waals surface area contributed by atoms with E-state index in [-0.39, 0.29) is 24.6 Å². The zero-order valence-electron chi connectivity index (χ0n) is 20.3. The first kappa shape index (κ1) is 25.4. The molecule has 0 bridgehead atoms. The minimum atomic E-state index is 0.132. The topological polar surface area (TPSA) is 69.5 Å². The lowest BCUT2D eigenvalue weighted by Crippen LogP contribution is -2.48. The lowest BCUT2D eigenvalue weighted by Gasteiger charge is -2.39. The Morgan fingerprint density at radius 3 is 2.26 bits per heavy atom. The fraction of sp³-hybridized carbons (Fsp3) is 0.423. The fourth-order valence-corrected chi connectivity index (χ4v) is 5.36. The smallest absolute Gasteiger partial charge is 0.233 e. The molecular weight excluding hydrogens is 484 g/mol. The maximum Gasteiger partial charge on any atom is 0.233 e. The lowest BCUT2D eigenvalue weighted by molar-refractivity contribution is -0.134. The molecule has 0 unspecified atom stereocenters. The first-order valence-electron chi connectivity index (χ1n) is 12.0. The second-order valence-electron chi connectivity index (χ2n) is 8.62. The van der Waals surface area contributed by atoms with Crippen LogP contribution in [0.3, 0.4) is 0 Å². The van der Waals surface area contributed by atoms with Crippen LogP contribution < -0.4 is 9.47 Å². The largest absolute Gasteiger partial charge is 0.494 e. The Morgan fingerprint density at radius 1 is 1.00 bits per heavy atom. The van der Waals surface area contributed by atoms with Gasteiger partial charge >= 0.3 is 0 Å². The molecule has 1 aliphatic rings. The van der Waals surface area contributed by atoms with Crippen molar-refractivity contribution in [2.45, 2.75) is 63.9 Å². The number of piperidine rings is 1. The van der Waals surface area contributed by atoms with Crippen molar-refractivity contribution in [2.75, 3.05) is 12.4 Å². The minimum Gasteiger partial charge on any atom is -0.494 e. The van der Waals surface area contributed by atoms with Crippen LogP contribution >= 0.6 is 23.4 Å². The molecule has 2 heterocycles. The Labute approximate surface area is 215 Å². The van der Waals surface area contributed by atoms with E-state index >= 15 is 0 Å². The Balaban J connectivity index is 1.51. The third kappa shape index (κ3) is 6.30. The molecule has 1 aliphatic heterocycles. The van der Waals surface area contributed by atoms with Gasteiger partial charge in [0.2, 0.25) is 5.91 Å². The molecule has 7 nitrogen and oxygen atoms in total. The van der Waals surface area contributed by atoms with Gasteiger partial charge in [-0.1, -0.05) is 23.4 Å². The number of rotatable bonds is 9. The van der Waals surface area contributed by atoms with E-state index in [1.165, 1.54) is 18.2 Å². The first-order valence-corrected chi connectivity index (χ1v) is 13.3. The van der Waals surface area contributed by atoms with Crippen LogP contribution in [-0.2, 0) is 11.4 Å². The Morgan fingerprint density at radius 2 is 1.63 bits per heavy atom. The van der Waals surface area contributed by atoms with E-state index in [2.05, 4.69) is 24.0 Å². The van der Waals surface area contributed by atoms with Crippen molar-refractivity contribution < 1.29 is 14.3 Å². The molecule has 0 aliphatic carbocycles. The highest BCUT2D eigenvalue weighted by Gasteiger charge is 2.29. The molecule has 35 heavy (non-hydrogen) atoms. The van der Waals surface area contributed by atoms with Crippen molar-refractivity contribution in [2.24, 2.45) is 0 Å². The first-order chi connectivity index (χ1) is 17.0. The number of benzene rings is 2. The SMILES string of the molecule is CCOc1ccc(OCc2nnc(SCC(=O)N3[C@@H](C)CCC[C@@H]3C)n2-c2ccc(Cl)cc2)cc1. The van der Waals surface area contributed by atoms with E-state index in [1.54, 1.807) is 0 Å². The predicted octanol–water partition coefficient (Wildman–Crippen LogP) is 5.78. The van der Waals surface area contributed by atoms with E-state index in [9.17, 15) is 4.79 Å². The van der Waals surface area contributed by atoms with Crippen molar-refractivity contribution in [3.05, 3.63) is 59.4 Å². The average Bonchev–Trinajstić information content (AvgIpc) is 3.25. The van der Waals surface area contributed by atoms with Gasteiger partial charge in [0, 0.05) is 22.8 Å². The Bertz CT molecular complexity index is 1110. The normalized spacial score (nSPS) is 17.9. The van der Waals surface area contributed by atoms with E-state index < -0.39 is 0 Å². The zero-order chi connectivity index (χ0) is 24.8. The van der Waals surface area contributed by atoms with Gasteiger partial charge in [0.1, 0.15) is 18.1 Å². The molecule has 0 spiro atoms. The summed E-state index contributed by atoms with van der Waals surface area (Å²) < 4.78 is 13.4. The second kappa shape index (κ2) is 11.8. The van der Waals surface area contributed by atoms with Crippen molar-refractivity contribution >= 4 is 29.3 Å². The molecule has 3 aromatic rings. The van der Waals surface area contributed by atoms with E-state index in [0.29, 0.717) is 34.1 Å². The number of carbonyl (C=O) groups is 1. The summed E-state index contributed by atoms with van der Waals surface area (Å²) in [7, 11) is 0. The van der Waals surface area contributed by atoms with Gasteiger partial charge in [-0.05, 0) is 88.6 Å². The van der Waals surface area contributed by atoms with Crippen molar-refractivity contribution in [1.82, 2.24) is 19.7 Å². The van der Waals surface area contributed by atoms with Crippen molar-refractivity contribution in [1.29, 1.82) is 0 Å². The molecule has 0 N–H and O–H groups in total. The highest BCUT2D eigenvalue weighted by Crippen LogP contribution is 2.28. The summed E-state index contributed by atoms with van der Waals surface area (Å²) in [5, 5.41) is 10.1. The molecule has 1 amide bonds. The van der Waals surface area contributed by atoms with Gasteiger partial charge < -0.3 is 14.4 Å². The predicted molar refractivity (Wildman–Crippen MR) is 139 cm³/mol. The van der Waals surface area contributed by atoms with Crippen LogP contribution in [-0.4, -0.2) is 50.0 Å². The molecule has 1 saturated heterocycles. The quantitative estimate of drug-likeness (QED) is 0.337. The van der Waals surface area contributed by atoms with Gasteiger partial charge in [-0.15, -0.1) is 10.2 Å². The highest BCUT2D eigenvalue weighted by atomic mass is 35.5. The number of carbonyl (C=O) groups excluding carboxylic acids is 1. The number of aromatic nitrogens is 3. The number of ether oxygens (including phenoxy) is 2. The Kier molecular flexibility index (Phi) is 8.57. The maximum atomic E-state index is 13.1. The molecule has 4 rings (SSSR count). The zero-order valence-corrected chi connectivity index (χ0v) is 21.9. The number of nitrogens with zero attached hydrogens (tertiary/aromatic N) is 4. The van der Waals surface area contributed by atoms with Crippen LogP contribution in [0.15, 0.2) is 53.7 Å². The molecular formula is C26H31ClN4O3S. The third-order valence-corrected chi connectivity index (χ3v) is 7.26. The summed E-state index contributed by atoms with van der Waals surface area (Å²) in [6.07, 6.45) is 3.27. The van der Waals surface area contributed by atoms with Crippen LogP contribution in [0.4, 0.5) is 0 Å². The van der Waals surface area contributed by atoms with E-state index in [4.69, 9.17) is 21.1 Å². The molecule has 0 saturated carbocycles. The van der Waals surface area contributed by atoms with Crippen LogP contribution in [0, 0.1) is 0 Å². The second-order valence-corrected chi connectivity index (χ2v) is 10.0. The highest BCUT2D eigenvalue weighted by molar-refractivity contribution is 7.99. The van der Waals surface area contributed by atoms with Crippen LogP contribution in [0.1, 0.15) is 45.9 Å². The fourth-order valence-electron chi connectivity index (χ4n) is 4.40. The third-order valence-electron chi connectivity index (χ3n) is 6.09. The van der Waals surface area contributed by atoms with Gasteiger partial charge in [0.15, 0.2) is 11.0 Å². The number of amides is 1. The number of thioether (sulfide) groups is 1. The minimum absolute atomic E-state index is 0.132. The standard InChI is InChI=1S/C26H31ClN4O3S/c1-4-33-22-12-14-23(15-13-22)34-16-24-28-29-26(31(24)21-10-8-20(27)9-11-21)35-17-25(32)30-18(2)6-5-7-19(30)3/h8-15,18-19H,4-7,16-17H2,1-3H3/t18-,19-/m0/s1. The Hall–Kier alpha value is -2.71. The van der Waals surface area contributed by atoms with Gasteiger partial charge in [0.05, 0.1) is 12.4 Å². The number of hydrogen-bond donors (Lipinski definition) is 0. The van der Waals surface area contributed by atoms with Crippen LogP contribution in [0.5, 0.6) is 11.5 Å². The lowest BCUT2D eigenvalue weighted by atomic mass is 9.98. The number of halogens is 1. The van der Waals surface area contributed by atoms with E-state index in [1.807, 2.05) is 64.9 Å². The summed E-state index contributed by atoms with van der Waals surface area (Å²) in [4.78, 5) is 15.1. The summed E-state index contributed by atoms with van der Waals surface area (Å²) in [6.45, 7) is 7.04. The number of likely N-dealkylation sites (tertiary alicyclic amines) is 1. The van der Waals surface area contributed by atoms with Crippen molar-refractivity contribution in [3.63, 3.8) is 0 Å². The summed E-state index contributed by atoms with van der Waals surface area (Å²) in [6, 6.07) is 15.5. The molecule has 0 radical (unpaired) electrons. The van der Waals surface area contributed by atoms with E-state index in [0.717, 1.165) is 24.3 Å². The van der Waals surface area contributed by atoms with Crippen LogP contribution in [0.25, 0.3) is 5.69 Å². The van der Waals surface area contributed by atoms with Gasteiger partial charge in [-0.3, -0.25) is 9.36 Å². The maximum absolute atomic E-state index is 13.1. The van der Waals surface area contributed by atoms with Crippen LogP contribution in [0.2, 0.25) is 5.02 Å². The summed E-state index contributed by atoms with van der Waals surface area (Å²) in [5.74, 6) is 2.57. The van der Waals surface area contributed by atoms with Gasteiger partial charge in [-0.25, -0.2) is 0 Å². The summed E-state index contributed by atoms with van der Waals surface area (Å²) >= 11 is 7.51. The number of hydrogen-bond acceptors (Lipinski definition) is 6. The monoisotopic (exact) mass is 514 g/mol. The van der Waals surface area contributed by atoms with Gasteiger partial charge in [0.25, 0.3) is 0 Å². The summed E-state index contributed by atoms with van der Waals surface area (Å²) in [5.41, 5.74) is 0.861. The molecule has 186 valence electrons.